The zero-order chi connectivity index (χ0) is 19.3. The van der Waals surface area contributed by atoms with E-state index in [1.54, 1.807) is 19.9 Å². The van der Waals surface area contributed by atoms with Gasteiger partial charge in [-0.3, -0.25) is 4.79 Å². The van der Waals surface area contributed by atoms with Gasteiger partial charge in [0.15, 0.2) is 0 Å². The lowest BCUT2D eigenvalue weighted by molar-refractivity contribution is 0.0714. The number of hydrogen-bond acceptors (Lipinski definition) is 5. The molecule has 0 aliphatic heterocycles. The quantitative estimate of drug-likeness (QED) is 0.670. The Labute approximate surface area is 158 Å². The first-order valence-electron chi connectivity index (χ1n) is 8.88. The van der Waals surface area contributed by atoms with Crippen molar-refractivity contribution in [3.8, 4) is 11.5 Å². The number of hydrogen-bond donors (Lipinski definition) is 2. The molecule has 0 saturated carbocycles. The molecule has 1 aromatic heterocycles. The Kier molecular flexibility index (Phi) is 5.66. The maximum atomic E-state index is 12.4. The fourth-order valence-corrected chi connectivity index (χ4v) is 2.60. The lowest BCUT2D eigenvalue weighted by Gasteiger charge is -2.16. The van der Waals surface area contributed by atoms with E-state index in [1.807, 2.05) is 48.5 Å². The maximum absolute atomic E-state index is 12.4. The van der Waals surface area contributed by atoms with E-state index in [0.717, 1.165) is 11.1 Å². The number of aryl methyl sites for hydroxylation is 1. The molecule has 0 atom stereocenters. The minimum Gasteiger partial charge on any atom is -0.419 e. The molecular weight excluding hydrogens is 342 g/mol. The number of rotatable bonds is 7. The van der Waals surface area contributed by atoms with Gasteiger partial charge in [0.2, 0.25) is 11.8 Å². The summed E-state index contributed by atoms with van der Waals surface area (Å²) < 4.78 is 5.59. The highest BCUT2D eigenvalue weighted by Gasteiger charge is 2.14. The molecule has 6 nitrogen and oxygen atoms in total. The van der Waals surface area contributed by atoms with Crippen molar-refractivity contribution in [2.24, 2.45) is 0 Å². The average molecular weight is 365 g/mol. The van der Waals surface area contributed by atoms with Crippen LogP contribution in [-0.2, 0) is 13.0 Å². The lowest BCUT2D eigenvalue weighted by Crippen LogP contribution is -2.23. The number of nitrogens with zero attached hydrogens (tertiary/aromatic N) is 2. The van der Waals surface area contributed by atoms with Crippen LogP contribution in [0.5, 0.6) is 0 Å². The van der Waals surface area contributed by atoms with Crippen LogP contribution >= 0.6 is 0 Å². The molecule has 0 aliphatic carbocycles. The van der Waals surface area contributed by atoms with Gasteiger partial charge < -0.3 is 14.8 Å². The summed E-state index contributed by atoms with van der Waals surface area (Å²) in [7, 11) is 0. The molecule has 0 spiro atoms. The van der Waals surface area contributed by atoms with Crippen molar-refractivity contribution < 1.29 is 14.3 Å². The van der Waals surface area contributed by atoms with Crippen molar-refractivity contribution in [3.63, 3.8) is 0 Å². The molecule has 140 valence electrons. The van der Waals surface area contributed by atoms with E-state index < -0.39 is 5.60 Å². The number of nitrogens with one attached hydrogen (secondary N) is 1. The van der Waals surface area contributed by atoms with Crippen molar-refractivity contribution in [2.45, 2.75) is 38.8 Å². The van der Waals surface area contributed by atoms with E-state index in [1.165, 1.54) is 0 Å². The summed E-state index contributed by atoms with van der Waals surface area (Å²) in [6.07, 6.45) is 1.33. The summed E-state index contributed by atoms with van der Waals surface area (Å²) in [6.45, 7) is 3.71. The van der Waals surface area contributed by atoms with Crippen LogP contribution in [0.25, 0.3) is 11.5 Å². The Bertz CT molecular complexity index is 898. The largest absolute Gasteiger partial charge is 0.419 e. The van der Waals surface area contributed by atoms with Crippen molar-refractivity contribution in [3.05, 3.63) is 71.6 Å². The highest BCUT2D eigenvalue weighted by Crippen LogP contribution is 2.17. The molecule has 2 aromatic carbocycles. The lowest BCUT2D eigenvalue weighted by atomic mass is 9.98. The van der Waals surface area contributed by atoms with Crippen LogP contribution in [0.4, 0.5) is 0 Å². The summed E-state index contributed by atoms with van der Waals surface area (Å²) in [5.41, 5.74) is 1.68. The third-order valence-electron chi connectivity index (χ3n) is 4.10. The second-order valence-corrected chi connectivity index (χ2v) is 7.06. The molecule has 0 aliphatic rings. The first-order valence-corrected chi connectivity index (χ1v) is 8.88. The summed E-state index contributed by atoms with van der Waals surface area (Å²) >= 11 is 0. The van der Waals surface area contributed by atoms with E-state index in [9.17, 15) is 9.90 Å². The molecule has 2 N–H and O–H groups in total. The predicted molar refractivity (Wildman–Crippen MR) is 102 cm³/mol. The van der Waals surface area contributed by atoms with Gasteiger partial charge in [0.05, 0.1) is 12.1 Å². The highest BCUT2D eigenvalue weighted by atomic mass is 16.4. The van der Waals surface area contributed by atoms with Gasteiger partial charge in [-0.15, -0.1) is 10.2 Å². The standard InChI is InChI=1S/C21H23N3O3/c1-21(2,26)12-11-15-7-6-10-17(13-15)19(25)22-14-18-23-24-20(27-18)16-8-4-3-5-9-16/h3-10,13,26H,11-12,14H2,1-2H3,(H,22,25). The Morgan fingerprint density at radius 1 is 1.11 bits per heavy atom. The highest BCUT2D eigenvalue weighted by molar-refractivity contribution is 5.94. The van der Waals surface area contributed by atoms with Crippen molar-refractivity contribution in [1.82, 2.24) is 15.5 Å². The zero-order valence-corrected chi connectivity index (χ0v) is 15.5. The Morgan fingerprint density at radius 3 is 2.63 bits per heavy atom. The van der Waals surface area contributed by atoms with E-state index >= 15 is 0 Å². The molecule has 3 aromatic rings. The summed E-state index contributed by atoms with van der Waals surface area (Å²) in [5.74, 6) is 0.563. The third-order valence-corrected chi connectivity index (χ3v) is 4.10. The van der Waals surface area contributed by atoms with Crippen LogP contribution in [0, 0.1) is 0 Å². The van der Waals surface area contributed by atoms with Crippen LogP contribution < -0.4 is 5.32 Å². The number of aliphatic hydroxyl groups is 1. The molecule has 0 unspecified atom stereocenters. The zero-order valence-electron chi connectivity index (χ0n) is 15.5. The molecule has 1 heterocycles. The summed E-state index contributed by atoms with van der Waals surface area (Å²) in [6, 6.07) is 16.9. The fourth-order valence-electron chi connectivity index (χ4n) is 2.60. The van der Waals surface area contributed by atoms with Gasteiger partial charge in [0.25, 0.3) is 5.91 Å². The molecular formula is C21H23N3O3. The van der Waals surface area contributed by atoms with E-state index in [2.05, 4.69) is 15.5 Å². The van der Waals surface area contributed by atoms with Gasteiger partial charge in [0, 0.05) is 11.1 Å². The summed E-state index contributed by atoms with van der Waals surface area (Å²) in [4.78, 5) is 12.4. The summed E-state index contributed by atoms with van der Waals surface area (Å²) in [5, 5.41) is 20.6. The Hall–Kier alpha value is -2.99. The number of benzene rings is 2. The first-order chi connectivity index (χ1) is 12.9. The van der Waals surface area contributed by atoms with Crippen molar-refractivity contribution in [1.29, 1.82) is 0 Å². The average Bonchev–Trinajstić information content (AvgIpc) is 3.14. The molecule has 0 bridgehead atoms. The maximum Gasteiger partial charge on any atom is 0.251 e. The minimum absolute atomic E-state index is 0.159. The molecule has 0 fully saturated rings. The second-order valence-electron chi connectivity index (χ2n) is 7.06. The van der Waals surface area contributed by atoms with Crippen molar-refractivity contribution >= 4 is 5.91 Å². The first kappa shape index (κ1) is 18.8. The van der Waals surface area contributed by atoms with Gasteiger partial charge >= 0.3 is 0 Å². The van der Waals surface area contributed by atoms with Gasteiger partial charge in [0.1, 0.15) is 0 Å². The van der Waals surface area contributed by atoms with Crippen LogP contribution in [0.15, 0.2) is 59.0 Å². The Morgan fingerprint density at radius 2 is 1.89 bits per heavy atom. The molecule has 0 saturated heterocycles. The normalized spacial score (nSPS) is 11.4. The number of carbonyl (C=O) groups excluding carboxylic acids is 1. The van der Waals surface area contributed by atoms with Crippen LogP contribution in [-0.4, -0.2) is 26.8 Å². The van der Waals surface area contributed by atoms with Gasteiger partial charge in [-0.1, -0.05) is 30.3 Å². The van der Waals surface area contributed by atoms with Gasteiger partial charge in [-0.2, -0.15) is 0 Å². The van der Waals surface area contributed by atoms with E-state index in [0.29, 0.717) is 30.2 Å². The fraction of sp³-hybridized carbons (Fsp3) is 0.286. The topological polar surface area (TPSA) is 88.2 Å². The predicted octanol–water partition coefficient (Wildman–Crippen LogP) is 3.37. The van der Waals surface area contributed by atoms with Crippen LogP contribution in [0.2, 0.25) is 0 Å². The molecule has 27 heavy (non-hydrogen) atoms. The van der Waals surface area contributed by atoms with E-state index in [-0.39, 0.29) is 12.5 Å². The molecule has 0 radical (unpaired) electrons. The van der Waals surface area contributed by atoms with Crippen LogP contribution in [0.1, 0.15) is 42.1 Å². The van der Waals surface area contributed by atoms with Gasteiger partial charge in [-0.05, 0) is 56.5 Å². The number of aromatic nitrogens is 2. The monoisotopic (exact) mass is 365 g/mol. The third kappa shape index (κ3) is 5.49. The number of amides is 1. The Balaban J connectivity index is 1.59. The molecule has 6 heteroatoms. The van der Waals surface area contributed by atoms with E-state index in [4.69, 9.17) is 4.42 Å². The molecule has 3 rings (SSSR count). The van der Waals surface area contributed by atoms with Crippen molar-refractivity contribution in [2.75, 3.05) is 0 Å². The second kappa shape index (κ2) is 8.14. The van der Waals surface area contributed by atoms with Gasteiger partial charge in [-0.25, -0.2) is 0 Å². The van der Waals surface area contributed by atoms with Crippen LogP contribution in [0.3, 0.4) is 0 Å². The molecule has 1 amide bonds. The number of carbonyl (C=O) groups is 1. The smallest absolute Gasteiger partial charge is 0.251 e. The SMILES string of the molecule is CC(C)(O)CCc1cccc(C(=O)NCc2nnc(-c3ccccc3)o2)c1. The minimum atomic E-state index is -0.729.